The molecule has 30 heavy (non-hydrogen) atoms. The van der Waals surface area contributed by atoms with Crippen LogP contribution in [0.5, 0.6) is 0 Å². The third-order valence-electron chi connectivity index (χ3n) is 6.67. The van der Waals surface area contributed by atoms with Crippen molar-refractivity contribution in [3.05, 3.63) is 65.7 Å². The number of hydrogen-bond acceptors (Lipinski definition) is 4. The van der Waals surface area contributed by atoms with Gasteiger partial charge in [-0.2, -0.15) is 0 Å². The maximum atomic E-state index is 12.6. The van der Waals surface area contributed by atoms with E-state index in [9.17, 15) is 4.79 Å². The molecule has 0 bridgehead atoms. The van der Waals surface area contributed by atoms with E-state index in [0.717, 1.165) is 40.6 Å². The number of nitrogens with zero attached hydrogens (tertiary/aromatic N) is 1. The van der Waals surface area contributed by atoms with Crippen LogP contribution in [-0.2, 0) is 21.4 Å². The number of allylic oxidation sites excluding steroid dienone is 1. The van der Waals surface area contributed by atoms with Crippen molar-refractivity contribution in [2.75, 3.05) is 6.61 Å². The summed E-state index contributed by atoms with van der Waals surface area (Å²) in [4.78, 5) is 17.2. The number of benzene rings is 2. The molecular formula is C26H27NO3. The predicted octanol–water partition coefficient (Wildman–Crippen LogP) is 5.84. The highest BCUT2D eigenvalue weighted by Gasteiger charge is 2.55. The summed E-state index contributed by atoms with van der Waals surface area (Å²) in [5.74, 6) is 0.774. The molecule has 0 radical (unpaired) electrons. The number of cyclic esters (lactones) is 1. The first-order valence-corrected chi connectivity index (χ1v) is 10.6. The number of carbonyl (C=O) groups excluding carboxylic acids is 1. The number of aromatic nitrogens is 1. The zero-order chi connectivity index (χ0) is 21.1. The first kappa shape index (κ1) is 19.1. The van der Waals surface area contributed by atoms with Crippen LogP contribution in [0.2, 0.25) is 0 Å². The Morgan fingerprint density at radius 1 is 1.17 bits per heavy atom. The number of hydrogen-bond donors (Lipinski definition) is 0. The van der Waals surface area contributed by atoms with Gasteiger partial charge in [0.1, 0.15) is 5.52 Å². The highest BCUT2D eigenvalue weighted by atomic mass is 16.5. The van der Waals surface area contributed by atoms with Crippen LogP contribution in [0, 0.1) is 11.3 Å². The van der Waals surface area contributed by atoms with Crippen LogP contribution >= 0.6 is 0 Å². The Bertz CT molecular complexity index is 1150. The molecule has 0 amide bonds. The largest absolute Gasteiger partial charge is 0.465 e. The van der Waals surface area contributed by atoms with Crippen molar-refractivity contribution in [1.82, 2.24) is 4.98 Å². The number of ether oxygens (including phenoxy) is 1. The van der Waals surface area contributed by atoms with E-state index in [1.807, 2.05) is 12.1 Å². The van der Waals surface area contributed by atoms with Crippen molar-refractivity contribution in [1.29, 1.82) is 0 Å². The van der Waals surface area contributed by atoms with Gasteiger partial charge in [-0.25, -0.2) is 4.98 Å². The van der Waals surface area contributed by atoms with Gasteiger partial charge in [-0.3, -0.25) is 4.79 Å². The molecule has 2 aromatic carbocycles. The van der Waals surface area contributed by atoms with E-state index in [0.29, 0.717) is 18.9 Å². The van der Waals surface area contributed by atoms with Gasteiger partial charge in [0, 0.05) is 11.5 Å². The van der Waals surface area contributed by atoms with Gasteiger partial charge < -0.3 is 9.15 Å². The molecule has 3 aromatic rings. The van der Waals surface area contributed by atoms with Gasteiger partial charge in [0.25, 0.3) is 0 Å². The second-order valence-electron chi connectivity index (χ2n) is 9.91. The molecule has 2 unspecified atom stereocenters. The average molecular weight is 402 g/mol. The minimum atomic E-state index is -0.462. The lowest BCUT2D eigenvalue weighted by atomic mass is 9.75. The van der Waals surface area contributed by atoms with Gasteiger partial charge in [-0.05, 0) is 60.1 Å². The first-order chi connectivity index (χ1) is 14.2. The standard InChI is InChI=1S/C26H27NO3/c1-16-11-20-15-29-24(28)26(20,13-16)14-17-5-10-21-22(12-17)30-23(27-21)18-6-8-19(9-7-18)25(2,3)4/h5-10,12,20H,1,11,13-15H2,2-4H3. The second-order valence-corrected chi connectivity index (χ2v) is 9.91. The predicted molar refractivity (Wildman–Crippen MR) is 117 cm³/mol. The minimum Gasteiger partial charge on any atom is -0.465 e. The molecule has 5 rings (SSSR count). The second kappa shape index (κ2) is 6.56. The van der Waals surface area contributed by atoms with Crippen LogP contribution in [-0.4, -0.2) is 17.6 Å². The quantitative estimate of drug-likeness (QED) is 0.408. The number of carbonyl (C=O) groups is 1. The van der Waals surface area contributed by atoms with Crippen molar-refractivity contribution in [2.24, 2.45) is 11.3 Å². The Morgan fingerprint density at radius 3 is 2.67 bits per heavy atom. The summed E-state index contributed by atoms with van der Waals surface area (Å²) in [5, 5.41) is 0. The van der Waals surface area contributed by atoms with Gasteiger partial charge in [0.15, 0.2) is 5.58 Å². The highest BCUT2D eigenvalue weighted by molar-refractivity contribution is 5.82. The van der Waals surface area contributed by atoms with Gasteiger partial charge in [0.05, 0.1) is 12.0 Å². The molecule has 1 saturated carbocycles. The Morgan fingerprint density at radius 2 is 1.93 bits per heavy atom. The molecule has 4 heteroatoms. The fourth-order valence-electron chi connectivity index (χ4n) is 4.94. The van der Waals surface area contributed by atoms with Crippen molar-refractivity contribution >= 4 is 17.1 Å². The number of rotatable bonds is 3. The summed E-state index contributed by atoms with van der Waals surface area (Å²) in [6, 6.07) is 14.4. The fraction of sp³-hybridized carbons (Fsp3) is 0.385. The Balaban J connectivity index is 1.45. The highest BCUT2D eigenvalue weighted by Crippen LogP contribution is 2.52. The number of oxazole rings is 1. The SMILES string of the molecule is C=C1CC2COC(=O)C2(Cc2ccc3nc(-c4ccc(C(C)(C)C)cc4)oc3c2)C1. The molecule has 0 spiro atoms. The van der Waals surface area contributed by atoms with E-state index in [1.165, 1.54) is 5.56 Å². The molecule has 4 nitrogen and oxygen atoms in total. The van der Waals surface area contributed by atoms with Crippen LogP contribution in [0.25, 0.3) is 22.6 Å². The van der Waals surface area contributed by atoms with Crippen LogP contribution in [0.4, 0.5) is 0 Å². The Hall–Kier alpha value is -2.88. The molecule has 1 aromatic heterocycles. The summed E-state index contributed by atoms with van der Waals surface area (Å²) < 4.78 is 11.5. The number of esters is 1. The van der Waals surface area contributed by atoms with Gasteiger partial charge in [-0.15, -0.1) is 0 Å². The topological polar surface area (TPSA) is 52.3 Å². The van der Waals surface area contributed by atoms with E-state index in [1.54, 1.807) is 0 Å². The molecule has 2 fully saturated rings. The van der Waals surface area contributed by atoms with Crippen LogP contribution in [0.3, 0.4) is 0 Å². The summed E-state index contributed by atoms with van der Waals surface area (Å²) in [5.41, 5.74) is 5.69. The van der Waals surface area contributed by atoms with Crippen LogP contribution < -0.4 is 0 Å². The summed E-state index contributed by atoms with van der Waals surface area (Å²) in [6.45, 7) is 11.2. The first-order valence-electron chi connectivity index (χ1n) is 10.6. The molecule has 2 heterocycles. The zero-order valence-corrected chi connectivity index (χ0v) is 17.8. The smallest absolute Gasteiger partial charge is 0.313 e. The molecule has 1 aliphatic carbocycles. The van der Waals surface area contributed by atoms with Crippen molar-refractivity contribution in [3.63, 3.8) is 0 Å². The maximum absolute atomic E-state index is 12.6. The summed E-state index contributed by atoms with van der Waals surface area (Å²) >= 11 is 0. The van der Waals surface area contributed by atoms with Crippen LogP contribution in [0.15, 0.2) is 59.0 Å². The zero-order valence-electron chi connectivity index (χ0n) is 17.8. The van der Waals surface area contributed by atoms with Crippen molar-refractivity contribution in [2.45, 2.75) is 45.4 Å². The monoisotopic (exact) mass is 401 g/mol. The third-order valence-corrected chi connectivity index (χ3v) is 6.67. The van der Waals surface area contributed by atoms with Crippen molar-refractivity contribution in [3.8, 4) is 11.5 Å². The van der Waals surface area contributed by atoms with E-state index in [-0.39, 0.29) is 17.3 Å². The Kier molecular flexibility index (Phi) is 4.18. The molecular weight excluding hydrogens is 374 g/mol. The summed E-state index contributed by atoms with van der Waals surface area (Å²) in [7, 11) is 0. The fourth-order valence-corrected chi connectivity index (χ4v) is 4.94. The molecule has 1 aliphatic heterocycles. The van der Waals surface area contributed by atoms with Gasteiger partial charge in [0.2, 0.25) is 5.89 Å². The van der Waals surface area contributed by atoms with E-state index in [4.69, 9.17) is 9.15 Å². The van der Waals surface area contributed by atoms with E-state index >= 15 is 0 Å². The Labute approximate surface area is 177 Å². The van der Waals surface area contributed by atoms with Gasteiger partial charge in [-0.1, -0.05) is 51.1 Å². The van der Waals surface area contributed by atoms with Crippen LogP contribution in [0.1, 0.15) is 44.7 Å². The summed E-state index contributed by atoms with van der Waals surface area (Å²) in [6.07, 6.45) is 2.25. The number of fused-ring (bicyclic) bond motifs is 2. The van der Waals surface area contributed by atoms with E-state index < -0.39 is 5.41 Å². The maximum Gasteiger partial charge on any atom is 0.313 e. The molecule has 1 saturated heterocycles. The van der Waals surface area contributed by atoms with E-state index in [2.05, 4.69) is 62.7 Å². The third kappa shape index (κ3) is 3.06. The minimum absolute atomic E-state index is 0.0801. The lowest BCUT2D eigenvalue weighted by Gasteiger charge is -2.23. The molecule has 0 N–H and O–H groups in total. The average Bonchev–Trinajstić information content (AvgIpc) is 3.34. The molecule has 2 atom stereocenters. The normalized spacial score (nSPS) is 23.8. The molecule has 154 valence electrons. The lowest BCUT2D eigenvalue weighted by molar-refractivity contribution is -0.146. The van der Waals surface area contributed by atoms with Gasteiger partial charge >= 0.3 is 5.97 Å². The lowest BCUT2D eigenvalue weighted by Crippen LogP contribution is -2.31. The van der Waals surface area contributed by atoms with Crippen molar-refractivity contribution < 1.29 is 13.9 Å². The molecule has 2 aliphatic rings.